The number of carbonyl (C=O) groups is 1. The van der Waals surface area contributed by atoms with Crippen LogP contribution in [0.2, 0.25) is 0 Å². The van der Waals surface area contributed by atoms with Gasteiger partial charge in [0, 0.05) is 13.0 Å². The van der Waals surface area contributed by atoms with Crippen molar-refractivity contribution in [3.63, 3.8) is 0 Å². The topological polar surface area (TPSA) is 104 Å². The standard InChI is InChI=1S/C26H45NO5S/c1-17(4-9-24(29)27-14-15-33(30,31)32)21-7-8-22-20-6-5-18-16-19(28)10-12-25(18,2)23(20)11-13-26(21,22)3/h17-23,28H,4-16H2,1-3H3,(H,27,29)(H,30,31,32)/t17-,18+,19+,20-,21+,22-,23-,25+,26+/m1/s1. The summed E-state index contributed by atoms with van der Waals surface area (Å²) in [6.45, 7) is 7.34. The molecule has 0 heterocycles. The maximum atomic E-state index is 12.2. The minimum atomic E-state index is -4.04. The summed E-state index contributed by atoms with van der Waals surface area (Å²) in [6, 6.07) is 0. The zero-order valence-electron chi connectivity index (χ0n) is 20.8. The maximum absolute atomic E-state index is 12.2. The highest BCUT2D eigenvalue weighted by Gasteiger charge is 2.60. The van der Waals surface area contributed by atoms with Crippen LogP contribution in [0.5, 0.6) is 0 Å². The first-order chi connectivity index (χ1) is 15.4. The zero-order valence-corrected chi connectivity index (χ0v) is 21.6. The molecule has 0 radical (unpaired) electrons. The van der Waals surface area contributed by atoms with Crippen LogP contribution in [0.3, 0.4) is 0 Å². The quantitative estimate of drug-likeness (QED) is 0.465. The van der Waals surface area contributed by atoms with E-state index in [2.05, 4.69) is 26.1 Å². The van der Waals surface area contributed by atoms with Gasteiger partial charge in [0.1, 0.15) is 0 Å². The van der Waals surface area contributed by atoms with Crippen LogP contribution in [-0.2, 0) is 14.9 Å². The molecule has 0 spiro atoms. The van der Waals surface area contributed by atoms with E-state index in [0.717, 1.165) is 37.0 Å². The van der Waals surface area contributed by atoms with Gasteiger partial charge in [-0.15, -0.1) is 0 Å². The zero-order chi connectivity index (χ0) is 24.0. The van der Waals surface area contributed by atoms with Crippen LogP contribution < -0.4 is 5.32 Å². The predicted octanol–water partition coefficient (Wildman–Crippen LogP) is 4.43. The molecular formula is C26H45NO5S. The predicted molar refractivity (Wildman–Crippen MR) is 129 cm³/mol. The highest BCUT2D eigenvalue weighted by Crippen LogP contribution is 2.68. The third-order valence-corrected chi connectivity index (χ3v) is 11.6. The first kappa shape index (κ1) is 25.4. The van der Waals surface area contributed by atoms with Crippen molar-refractivity contribution in [2.24, 2.45) is 46.3 Å². The largest absolute Gasteiger partial charge is 0.393 e. The Bertz CT molecular complexity index is 831. The van der Waals surface area contributed by atoms with Gasteiger partial charge >= 0.3 is 0 Å². The van der Waals surface area contributed by atoms with Gasteiger partial charge in [-0.2, -0.15) is 8.42 Å². The van der Waals surface area contributed by atoms with Crippen LogP contribution in [0.15, 0.2) is 0 Å². The van der Waals surface area contributed by atoms with Crippen molar-refractivity contribution >= 4 is 16.0 Å². The van der Waals surface area contributed by atoms with E-state index in [1.54, 1.807) is 0 Å². The van der Waals surface area contributed by atoms with Crippen LogP contribution in [0.4, 0.5) is 0 Å². The first-order valence-corrected chi connectivity index (χ1v) is 14.9. The Morgan fingerprint density at radius 3 is 2.45 bits per heavy atom. The lowest BCUT2D eigenvalue weighted by Crippen LogP contribution is -2.54. The van der Waals surface area contributed by atoms with Gasteiger partial charge < -0.3 is 10.4 Å². The van der Waals surface area contributed by atoms with Crippen molar-refractivity contribution in [1.29, 1.82) is 0 Å². The van der Waals surface area contributed by atoms with E-state index in [4.69, 9.17) is 4.55 Å². The molecule has 3 N–H and O–H groups in total. The fourth-order valence-electron chi connectivity index (χ4n) is 9.18. The Labute approximate surface area is 200 Å². The molecule has 0 aliphatic heterocycles. The Morgan fingerprint density at radius 2 is 1.73 bits per heavy atom. The van der Waals surface area contributed by atoms with E-state index in [0.29, 0.717) is 35.0 Å². The second-order valence-corrected chi connectivity index (χ2v) is 14.0. The Morgan fingerprint density at radius 1 is 1.03 bits per heavy atom. The van der Waals surface area contributed by atoms with Gasteiger partial charge in [-0.1, -0.05) is 20.8 Å². The second-order valence-electron chi connectivity index (χ2n) is 12.5. The minimum Gasteiger partial charge on any atom is -0.393 e. The number of hydrogen-bond acceptors (Lipinski definition) is 4. The molecule has 0 unspecified atom stereocenters. The minimum absolute atomic E-state index is 0.0326. The van der Waals surface area contributed by atoms with Crippen LogP contribution >= 0.6 is 0 Å². The molecule has 4 aliphatic carbocycles. The summed E-state index contributed by atoms with van der Waals surface area (Å²) in [6.07, 6.45) is 12.1. The summed E-state index contributed by atoms with van der Waals surface area (Å²) in [7, 11) is -4.04. The Hall–Kier alpha value is -0.660. The number of nitrogens with one attached hydrogen (secondary N) is 1. The van der Waals surface area contributed by atoms with Gasteiger partial charge in [-0.25, -0.2) is 0 Å². The van der Waals surface area contributed by atoms with Crippen molar-refractivity contribution in [3.05, 3.63) is 0 Å². The molecule has 9 atom stereocenters. The molecule has 0 saturated heterocycles. The SMILES string of the molecule is C[C@H](CCC(=O)NCCS(=O)(=O)O)[C@@H]1CC[C@@H]2[C@H]3CC[C@H]4C[C@@H](O)CC[C@]4(C)[C@@H]3CC[C@]21C. The number of aliphatic hydroxyl groups excluding tert-OH is 1. The summed E-state index contributed by atoms with van der Waals surface area (Å²) in [5.74, 6) is 3.68. The van der Waals surface area contributed by atoms with Gasteiger partial charge in [0.15, 0.2) is 0 Å². The molecule has 7 heteroatoms. The number of carbonyl (C=O) groups excluding carboxylic acids is 1. The molecule has 4 fully saturated rings. The fourth-order valence-corrected chi connectivity index (χ4v) is 9.54. The summed E-state index contributed by atoms with van der Waals surface area (Å²) in [4.78, 5) is 12.2. The molecule has 0 bridgehead atoms. The summed E-state index contributed by atoms with van der Waals surface area (Å²) < 4.78 is 30.5. The van der Waals surface area contributed by atoms with E-state index in [1.165, 1.54) is 44.9 Å². The third-order valence-electron chi connectivity index (χ3n) is 10.9. The molecule has 4 rings (SSSR count). The number of hydrogen-bond donors (Lipinski definition) is 3. The van der Waals surface area contributed by atoms with E-state index in [-0.39, 0.29) is 18.6 Å². The summed E-state index contributed by atoms with van der Waals surface area (Å²) in [5.41, 5.74) is 0.771. The average Bonchev–Trinajstić information content (AvgIpc) is 3.09. The van der Waals surface area contributed by atoms with Crippen molar-refractivity contribution in [3.8, 4) is 0 Å². The molecule has 33 heavy (non-hydrogen) atoms. The molecule has 1 amide bonds. The summed E-state index contributed by atoms with van der Waals surface area (Å²) >= 11 is 0. The lowest BCUT2D eigenvalue weighted by atomic mass is 9.44. The van der Waals surface area contributed by atoms with Gasteiger partial charge in [0.2, 0.25) is 5.91 Å². The van der Waals surface area contributed by atoms with Crippen molar-refractivity contribution < 1.29 is 22.9 Å². The normalized spacial score (nSPS) is 43.8. The van der Waals surface area contributed by atoms with Gasteiger partial charge in [-0.3, -0.25) is 9.35 Å². The first-order valence-electron chi connectivity index (χ1n) is 13.3. The maximum Gasteiger partial charge on any atom is 0.266 e. The van der Waals surface area contributed by atoms with Gasteiger partial charge in [-0.05, 0) is 111 Å². The lowest BCUT2D eigenvalue weighted by Gasteiger charge is -2.61. The molecule has 0 aromatic carbocycles. The van der Waals surface area contributed by atoms with Crippen LogP contribution in [0.25, 0.3) is 0 Å². The van der Waals surface area contributed by atoms with Gasteiger partial charge in [0.25, 0.3) is 10.1 Å². The fraction of sp³-hybridized carbons (Fsp3) is 0.962. The average molecular weight is 484 g/mol. The molecule has 4 aliphatic rings. The van der Waals surface area contributed by atoms with Crippen LogP contribution in [-0.4, -0.2) is 42.4 Å². The molecule has 6 nitrogen and oxygen atoms in total. The Balaban J connectivity index is 1.35. The van der Waals surface area contributed by atoms with E-state index < -0.39 is 15.9 Å². The van der Waals surface area contributed by atoms with Crippen molar-refractivity contribution in [2.75, 3.05) is 12.3 Å². The van der Waals surface area contributed by atoms with Crippen LogP contribution in [0, 0.1) is 46.3 Å². The second kappa shape index (κ2) is 9.42. The molecular weight excluding hydrogens is 438 g/mol. The number of amides is 1. The smallest absolute Gasteiger partial charge is 0.266 e. The van der Waals surface area contributed by atoms with E-state index in [9.17, 15) is 18.3 Å². The molecule has 4 saturated carbocycles. The van der Waals surface area contributed by atoms with Crippen LogP contribution in [0.1, 0.15) is 91.4 Å². The Kier molecular flexibility index (Phi) is 7.26. The number of rotatable bonds is 7. The van der Waals surface area contributed by atoms with Crippen molar-refractivity contribution in [1.82, 2.24) is 5.32 Å². The summed E-state index contributed by atoms with van der Waals surface area (Å²) in [5, 5.41) is 12.9. The van der Waals surface area contributed by atoms with Crippen molar-refractivity contribution in [2.45, 2.75) is 97.5 Å². The lowest BCUT2D eigenvalue weighted by molar-refractivity contribution is -0.129. The third kappa shape index (κ3) is 5.02. The number of fused-ring (bicyclic) bond motifs is 5. The van der Waals surface area contributed by atoms with Gasteiger partial charge in [0.05, 0.1) is 11.9 Å². The monoisotopic (exact) mass is 483 g/mol. The van der Waals surface area contributed by atoms with E-state index in [1.807, 2.05) is 0 Å². The molecule has 0 aromatic heterocycles. The highest BCUT2D eigenvalue weighted by molar-refractivity contribution is 7.85. The van der Waals surface area contributed by atoms with E-state index >= 15 is 0 Å². The molecule has 190 valence electrons. The molecule has 0 aromatic rings. The number of aliphatic hydroxyl groups is 1. The highest BCUT2D eigenvalue weighted by atomic mass is 32.2.